The number of carbonyl (C=O) groups is 2. The van der Waals surface area contributed by atoms with E-state index >= 15 is 0 Å². The Hall–Kier alpha value is -3.00. The lowest BCUT2D eigenvalue weighted by Gasteiger charge is -2.36. The van der Waals surface area contributed by atoms with Gasteiger partial charge in [0.05, 0.1) is 18.3 Å². The number of carbonyl (C=O) groups excluding carboxylic acids is 2. The highest BCUT2D eigenvalue weighted by molar-refractivity contribution is 5.88. The molecule has 1 saturated heterocycles. The summed E-state index contributed by atoms with van der Waals surface area (Å²) in [6, 6.07) is 8.21. The van der Waals surface area contributed by atoms with Crippen molar-refractivity contribution in [1.82, 2.24) is 19.8 Å². The van der Waals surface area contributed by atoms with E-state index in [-0.39, 0.29) is 17.9 Å². The maximum absolute atomic E-state index is 11.9. The zero-order chi connectivity index (χ0) is 22.7. The first-order valence-corrected chi connectivity index (χ1v) is 11.4. The van der Waals surface area contributed by atoms with E-state index in [1.807, 2.05) is 24.1 Å². The Morgan fingerprint density at radius 3 is 2.56 bits per heavy atom. The van der Waals surface area contributed by atoms with Gasteiger partial charge in [-0.05, 0) is 37.1 Å². The monoisotopic (exact) mass is 436 g/mol. The van der Waals surface area contributed by atoms with Crippen LogP contribution in [-0.4, -0.2) is 51.7 Å². The first-order valence-electron chi connectivity index (χ1n) is 11.4. The SMILES string of the molecule is CNc1nc([C@@H]2CCCCN2Cc2ccc(NC(C)=O)cc2)nc2c1CN(C(C)=O)CC2. The van der Waals surface area contributed by atoms with Crippen LogP contribution in [0.2, 0.25) is 0 Å². The van der Waals surface area contributed by atoms with Crippen molar-refractivity contribution in [1.29, 1.82) is 0 Å². The maximum atomic E-state index is 11.9. The zero-order valence-electron chi connectivity index (χ0n) is 19.1. The van der Waals surface area contributed by atoms with Crippen LogP contribution >= 0.6 is 0 Å². The van der Waals surface area contributed by atoms with Crippen molar-refractivity contribution in [2.24, 2.45) is 0 Å². The van der Waals surface area contributed by atoms with E-state index in [4.69, 9.17) is 9.97 Å². The molecule has 0 bridgehead atoms. The second-order valence-electron chi connectivity index (χ2n) is 8.66. The van der Waals surface area contributed by atoms with Crippen molar-refractivity contribution >= 4 is 23.3 Å². The van der Waals surface area contributed by atoms with E-state index in [1.54, 1.807) is 6.92 Å². The molecule has 1 fully saturated rings. The molecule has 1 aromatic carbocycles. The van der Waals surface area contributed by atoms with Crippen molar-refractivity contribution in [2.75, 3.05) is 30.8 Å². The normalized spacial score (nSPS) is 18.7. The summed E-state index contributed by atoms with van der Waals surface area (Å²) < 4.78 is 0. The van der Waals surface area contributed by atoms with Gasteiger partial charge in [-0.3, -0.25) is 14.5 Å². The third kappa shape index (κ3) is 4.91. The summed E-state index contributed by atoms with van der Waals surface area (Å²) in [5.41, 5.74) is 4.11. The first kappa shape index (κ1) is 22.2. The van der Waals surface area contributed by atoms with Gasteiger partial charge in [0.15, 0.2) is 0 Å². The summed E-state index contributed by atoms with van der Waals surface area (Å²) in [7, 11) is 1.88. The van der Waals surface area contributed by atoms with Gasteiger partial charge in [0.1, 0.15) is 11.6 Å². The highest BCUT2D eigenvalue weighted by Crippen LogP contribution is 2.33. The largest absolute Gasteiger partial charge is 0.373 e. The lowest BCUT2D eigenvalue weighted by Crippen LogP contribution is -2.37. The van der Waals surface area contributed by atoms with Gasteiger partial charge in [-0.2, -0.15) is 0 Å². The topological polar surface area (TPSA) is 90.5 Å². The van der Waals surface area contributed by atoms with E-state index in [2.05, 4.69) is 27.7 Å². The van der Waals surface area contributed by atoms with Gasteiger partial charge < -0.3 is 15.5 Å². The molecule has 0 unspecified atom stereocenters. The van der Waals surface area contributed by atoms with Crippen LogP contribution < -0.4 is 10.6 Å². The summed E-state index contributed by atoms with van der Waals surface area (Å²) in [6.07, 6.45) is 4.12. The van der Waals surface area contributed by atoms with Crippen LogP contribution in [0.3, 0.4) is 0 Å². The van der Waals surface area contributed by atoms with Crippen LogP contribution in [0, 0.1) is 0 Å². The molecule has 170 valence electrons. The van der Waals surface area contributed by atoms with Crippen molar-refractivity contribution < 1.29 is 9.59 Å². The quantitative estimate of drug-likeness (QED) is 0.749. The van der Waals surface area contributed by atoms with Crippen molar-refractivity contribution in [3.8, 4) is 0 Å². The fourth-order valence-corrected chi connectivity index (χ4v) is 4.66. The van der Waals surface area contributed by atoms with Gasteiger partial charge in [-0.25, -0.2) is 9.97 Å². The van der Waals surface area contributed by atoms with Crippen LogP contribution in [0.4, 0.5) is 11.5 Å². The molecule has 0 spiro atoms. The summed E-state index contributed by atoms with van der Waals surface area (Å²) in [5.74, 6) is 1.73. The molecule has 8 heteroatoms. The minimum Gasteiger partial charge on any atom is -0.373 e. The molecule has 0 radical (unpaired) electrons. The van der Waals surface area contributed by atoms with Gasteiger partial charge in [-0.15, -0.1) is 0 Å². The van der Waals surface area contributed by atoms with E-state index < -0.39 is 0 Å². The summed E-state index contributed by atoms with van der Waals surface area (Å²) in [6.45, 7) is 6.22. The standard InChI is InChI=1S/C24H32N6O2/c1-16(31)26-19-9-7-18(8-10-19)14-30-12-5-4-6-22(30)24-27-21-11-13-29(17(2)32)15-20(21)23(25-3)28-24/h7-10,22H,4-6,11-15H2,1-3H3,(H,26,31)(H,25,27,28)/t22-/m0/s1. The van der Waals surface area contributed by atoms with E-state index in [1.165, 1.54) is 12.5 Å². The second kappa shape index (κ2) is 9.65. The molecular weight excluding hydrogens is 404 g/mol. The molecule has 2 aliphatic heterocycles. The third-order valence-electron chi connectivity index (χ3n) is 6.33. The number of hydrogen-bond donors (Lipinski definition) is 2. The van der Waals surface area contributed by atoms with Gasteiger partial charge >= 0.3 is 0 Å². The maximum Gasteiger partial charge on any atom is 0.221 e. The van der Waals surface area contributed by atoms with Gasteiger partial charge in [-0.1, -0.05) is 18.6 Å². The number of amides is 2. The molecule has 2 aliphatic rings. The molecule has 1 atom stereocenters. The number of benzene rings is 1. The Morgan fingerprint density at radius 2 is 1.88 bits per heavy atom. The predicted molar refractivity (Wildman–Crippen MR) is 124 cm³/mol. The minimum atomic E-state index is -0.0647. The van der Waals surface area contributed by atoms with Gasteiger partial charge in [0.25, 0.3) is 0 Å². The van der Waals surface area contributed by atoms with E-state index in [9.17, 15) is 9.59 Å². The number of piperidine rings is 1. The average Bonchev–Trinajstić information content (AvgIpc) is 2.79. The Morgan fingerprint density at radius 1 is 1.09 bits per heavy atom. The van der Waals surface area contributed by atoms with Crippen molar-refractivity contribution in [2.45, 2.75) is 58.7 Å². The third-order valence-corrected chi connectivity index (χ3v) is 6.33. The number of anilines is 2. The van der Waals surface area contributed by atoms with E-state index in [0.717, 1.165) is 67.4 Å². The lowest BCUT2D eigenvalue weighted by atomic mass is 9.99. The molecule has 2 N–H and O–H groups in total. The summed E-state index contributed by atoms with van der Waals surface area (Å²) in [4.78, 5) is 37.3. The van der Waals surface area contributed by atoms with Crippen LogP contribution in [0.25, 0.3) is 0 Å². The number of hydrogen-bond acceptors (Lipinski definition) is 6. The number of likely N-dealkylation sites (tertiary alicyclic amines) is 1. The summed E-state index contributed by atoms with van der Waals surface area (Å²) >= 11 is 0. The molecule has 3 heterocycles. The molecular formula is C24H32N6O2. The minimum absolute atomic E-state index is 0.0647. The summed E-state index contributed by atoms with van der Waals surface area (Å²) in [5, 5.41) is 6.06. The van der Waals surface area contributed by atoms with Gasteiger partial charge in [0, 0.05) is 51.7 Å². The van der Waals surface area contributed by atoms with Crippen LogP contribution in [-0.2, 0) is 29.1 Å². The molecule has 32 heavy (non-hydrogen) atoms. The van der Waals surface area contributed by atoms with Crippen LogP contribution in [0.5, 0.6) is 0 Å². The molecule has 8 nitrogen and oxygen atoms in total. The Bertz CT molecular complexity index is 973. The lowest BCUT2D eigenvalue weighted by molar-refractivity contribution is -0.129. The van der Waals surface area contributed by atoms with E-state index in [0.29, 0.717) is 13.1 Å². The fraction of sp³-hybridized carbons (Fsp3) is 0.500. The molecule has 1 aromatic heterocycles. The number of rotatable bonds is 5. The highest BCUT2D eigenvalue weighted by Gasteiger charge is 2.30. The molecule has 2 amide bonds. The van der Waals surface area contributed by atoms with Gasteiger partial charge in [0.2, 0.25) is 11.8 Å². The average molecular weight is 437 g/mol. The number of aromatic nitrogens is 2. The van der Waals surface area contributed by atoms with Crippen molar-refractivity contribution in [3.63, 3.8) is 0 Å². The predicted octanol–water partition coefficient (Wildman–Crippen LogP) is 3.11. The number of nitrogens with one attached hydrogen (secondary N) is 2. The van der Waals surface area contributed by atoms with Crippen LogP contribution in [0.1, 0.15) is 61.8 Å². The number of fused-ring (bicyclic) bond motifs is 1. The molecule has 0 aliphatic carbocycles. The van der Waals surface area contributed by atoms with Crippen LogP contribution in [0.15, 0.2) is 24.3 Å². The second-order valence-corrected chi connectivity index (χ2v) is 8.66. The zero-order valence-corrected chi connectivity index (χ0v) is 19.1. The Balaban J connectivity index is 1.56. The highest BCUT2D eigenvalue weighted by atomic mass is 16.2. The molecule has 0 saturated carbocycles. The fourth-order valence-electron chi connectivity index (χ4n) is 4.66. The Labute approximate surface area is 189 Å². The first-order chi connectivity index (χ1) is 15.4. The smallest absolute Gasteiger partial charge is 0.221 e. The molecule has 4 rings (SSSR count). The number of nitrogens with zero attached hydrogens (tertiary/aromatic N) is 4. The van der Waals surface area contributed by atoms with Crippen molar-refractivity contribution in [3.05, 3.63) is 46.9 Å². The molecule has 2 aromatic rings. The Kier molecular flexibility index (Phi) is 6.69.